The zero-order valence-electron chi connectivity index (χ0n) is 34.9. The normalized spacial score (nSPS) is 26.5. The Morgan fingerprint density at radius 1 is 1.02 bits per heavy atom. The molecule has 15 heteroatoms. The van der Waals surface area contributed by atoms with E-state index in [9.17, 15) is 24.3 Å². The van der Waals surface area contributed by atoms with Crippen LogP contribution in [0.3, 0.4) is 0 Å². The smallest absolute Gasteiger partial charge is 0.327 e. The van der Waals surface area contributed by atoms with Crippen LogP contribution in [0.2, 0.25) is 0 Å². The molecule has 0 radical (unpaired) electrons. The number of carbonyl (C=O) groups is 4. The molecule has 4 N–H and O–H groups in total. The quantitative estimate of drug-likeness (QED) is 0.0699. The minimum atomic E-state index is -1.43. The van der Waals surface area contributed by atoms with Gasteiger partial charge >= 0.3 is 11.9 Å². The lowest BCUT2D eigenvalue weighted by Gasteiger charge is -2.48. The Labute approximate surface area is 342 Å². The van der Waals surface area contributed by atoms with Crippen LogP contribution in [0.1, 0.15) is 123 Å². The van der Waals surface area contributed by atoms with Gasteiger partial charge in [-0.25, -0.2) is 0 Å². The van der Waals surface area contributed by atoms with Gasteiger partial charge in [0.25, 0.3) is 0 Å². The molecule has 324 valence electrons. The number of hydroxylamine groups is 2. The predicted molar refractivity (Wildman–Crippen MR) is 212 cm³/mol. The van der Waals surface area contributed by atoms with Gasteiger partial charge in [-0.05, 0) is 57.2 Å². The Kier molecular flexibility index (Phi) is 16.1. The minimum Gasteiger partial charge on any atom is -0.499 e. The standard InChI is InChI=1S/C43H65N3O12/c1-6-8-12-20-42(21-13-9-7-2)56-35-32-26-43(40(52)44-22-18-33(49)45-31(28-48)16-17-34(50)55-41(3,4)5)37(39(51)54-32)46(58-38(43)36(35)57-42)27-30-15-11-10-14-29(30)19-24-53-25-23-47/h10-11,14-15,19,24,31-32,35-38,47-48H,6-9,12-13,16-18,20-23,25-28H2,1-5H3,(H,44,52)(H,45,49). The van der Waals surface area contributed by atoms with Gasteiger partial charge in [0, 0.05) is 38.6 Å². The molecule has 58 heavy (non-hydrogen) atoms. The van der Waals surface area contributed by atoms with E-state index in [1.54, 1.807) is 26.8 Å². The van der Waals surface area contributed by atoms with Crippen LogP contribution in [0, 0.1) is 5.41 Å². The number of rotatable bonds is 23. The van der Waals surface area contributed by atoms with E-state index >= 15 is 0 Å². The maximum Gasteiger partial charge on any atom is 0.327 e. The third-order valence-corrected chi connectivity index (χ3v) is 11.3. The largest absolute Gasteiger partial charge is 0.499 e. The number of unbranched alkanes of at least 4 members (excludes halogenated alkanes) is 4. The van der Waals surface area contributed by atoms with Crippen LogP contribution in [0.25, 0.3) is 6.08 Å². The molecule has 4 fully saturated rings. The number of fused-ring (bicyclic) bond motifs is 4. The number of nitrogens with one attached hydrogen (secondary N) is 2. The average molecular weight is 816 g/mol. The molecule has 7 unspecified atom stereocenters. The summed E-state index contributed by atoms with van der Waals surface area (Å²) in [6.45, 7) is 9.30. The third-order valence-electron chi connectivity index (χ3n) is 11.3. The highest BCUT2D eigenvalue weighted by Gasteiger charge is 2.76. The topological polar surface area (TPSA) is 191 Å². The first-order valence-electron chi connectivity index (χ1n) is 21.2. The molecule has 4 aliphatic rings. The van der Waals surface area contributed by atoms with E-state index in [0.29, 0.717) is 12.8 Å². The molecular weight excluding hydrogens is 750 g/mol. The Bertz CT molecular complexity index is 1570. The first-order valence-corrected chi connectivity index (χ1v) is 21.2. The Morgan fingerprint density at radius 2 is 1.72 bits per heavy atom. The first-order chi connectivity index (χ1) is 27.8. The van der Waals surface area contributed by atoms with Crippen LogP contribution in [0.5, 0.6) is 0 Å². The number of benzene rings is 1. The van der Waals surface area contributed by atoms with E-state index in [1.807, 2.05) is 24.3 Å². The SMILES string of the molecule is CCCCCC1(CCCCC)OC2C3CC4(C(=O)NCCC(=O)NC(CO)CCC(=O)OC(C)(C)C)C(ON(Cc5ccccc5C=COCCO)C4C(=O)O3)C2O1. The molecule has 1 aliphatic carbocycles. The second kappa shape index (κ2) is 20.6. The van der Waals surface area contributed by atoms with Gasteiger partial charge in [0.2, 0.25) is 11.8 Å². The molecular formula is C43H65N3O12. The van der Waals surface area contributed by atoms with Crippen LogP contribution in [-0.2, 0) is 54.2 Å². The number of hydrogen-bond donors (Lipinski definition) is 4. The summed E-state index contributed by atoms with van der Waals surface area (Å²) in [6.07, 6.45) is 7.67. The number of amides is 2. The number of hydrogen-bond acceptors (Lipinski definition) is 13. The van der Waals surface area contributed by atoms with Crippen molar-refractivity contribution in [1.82, 2.24) is 15.7 Å². The van der Waals surface area contributed by atoms with Gasteiger partial charge < -0.3 is 44.5 Å². The van der Waals surface area contributed by atoms with Crippen LogP contribution >= 0.6 is 0 Å². The fraction of sp³-hybridized carbons (Fsp3) is 0.721. The number of aliphatic hydroxyl groups excluding tert-OH is 2. The number of esters is 2. The lowest BCUT2D eigenvalue weighted by molar-refractivity contribution is -0.224. The minimum absolute atomic E-state index is 0.0171. The van der Waals surface area contributed by atoms with E-state index in [1.165, 1.54) is 11.3 Å². The van der Waals surface area contributed by atoms with Gasteiger partial charge in [0.15, 0.2) is 11.8 Å². The van der Waals surface area contributed by atoms with Crippen molar-refractivity contribution in [2.45, 2.75) is 166 Å². The van der Waals surface area contributed by atoms with Crippen molar-refractivity contribution in [2.24, 2.45) is 5.41 Å². The average Bonchev–Trinajstić information content (AvgIpc) is 3.73. The molecule has 1 saturated carbocycles. The van der Waals surface area contributed by atoms with Gasteiger partial charge in [0.05, 0.1) is 32.1 Å². The van der Waals surface area contributed by atoms with Crippen LogP contribution in [0.4, 0.5) is 0 Å². The molecule has 2 amide bonds. The molecule has 0 spiro atoms. The summed E-state index contributed by atoms with van der Waals surface area (Å²) in [5.74, 6) is -2.82. The van der Waals surface area contributed by atoms with Crippen molar-refractivity contribution in [2.75, 3.05) is 26.4 Å². The molecule has 1 aromatic carbocycles. The van der Waals surface area contributed by atoms with Crippen LogP contribution in [-0.4, -0.2) is 113 Å². The van der Waals surface area contributed by atoms with Crippen LogP contribution in [0.15, 0.2) is 30.5 Å². The Morgan fingerprint density at radius 3 is 2.40 bits per heavy atom. The number of carbonyl (C=O) groups excluding carboxylic acids is 4. The first kappa shape index (κ1) is 45.5. The molecule has 5 rings (SSSR count). The van der Waals surface area contributed by atoms with Gasteiger partial charge in [0.1, 0.15) is 42.0 Å². The highest BCUT2D eigenvalue weighted by atomic mass is 16.8. The van der Waals surface area contributed by atoms with E-state index in [4.69, 9.17) is 33.6 Å². The fourth-order valence-corrected chi connectivity index (χ4v) is 8.60. The predicted octanol–water partition coefficient (Wildman–Crippen LogP) is 4.21. The third kappa shape index (κ3) is 11.0. The Balaban J connectivity index is 1.37. The van der Waals surface area contributed by atoms with Crippen molar-refractivity contribution in [3.8, 4) is 0 Å². The summed E-state index contributed by atoms with van der Waals surface area (Å²) >= 11 is 0. The molecule has 2 bridgehead atoms. The van der Waals surface area contributed by atoms with Crippen LogP contribution < -0.4 is 10.6 Å². The number of nitrogens with zero attached hydrogens (tertiary/aromatic N) is 1. The number of aliphatic hydroxyl groups is 2. The van der Waals surface area contributed by atoms with Crippen molar-refractivity contribution in [3.05, 3.63) is 41.7 Å². The summed E-state index contributed by atoms with van der Waals surface area (Å²) in [5.41, 5.74) is -0.489. The van der Waals surface area contributed by atoms with Crippen molar-refractivity contribution in [3.63, 3.8) is 0 Å². The molecule has 15 nitrogen and oxygen atoms in total. The second-order valence-electron chi connectivity index (χ2n) is 16.9. The molecule has 3 heterocycles. The molecule has 7 atom stereocenters. The zero-order valence-corrected chi connectivity index (χ0v) is 34.9. The summed E-state index contributed by atoms with van der Waals surface area (Å²) < 4.78 is 30.7. The molecule has 1 aromatic rings. The summed E-state index contributed by atoms with van der Waals surface area (Å²) in [5, 5.41) is 26.3. The maximum atomic E-state index is 14.7. The second-order valence-corrected chi connectivity index (χ2v) is 16.9. The summed E-state index contributed by atoms with van der Waals surface area (Å²) in [7, 11) is 0. The monoisotopic (exact) mass is 815 g/mol. The van der Waals surface area contributed by atoms with Gasteiger partial charge in [-0.1, -0.05) is 63.8 Å². The zero-order chi connectivity index (χ0) is 41.9. The van der Waals surface area contributed by atoms with E-state index in [-0.39, 0.29) is 58.6 Å². The lowest BCUT2D eigenvalue weighted by atomic mass is 9.62. The van der Waals surface area contributed by atoms with Crippen molar-refractivity contribution < 1.29 is 57.9 Å². The van der Waals surface area contributed by atoms with E-state index < -0.39 is 77.1 Å². The molecule has 3 saturated heterocycles. The highest BCUT2D eigenvalue weighted by Crippen LogP contribution is 2.58. The summed E-state index contributed by atoms with van der Waals surface area (Å²) in [4.78, 5) is 60.9. The highest BCUT2D eigenvalue weighted by molar-refractivity contribution is 5.94. The van der Waals surface area contributed by atoms with Gasteiger partial charge in [-0.2, -0.15) is 5.06 Å². The summed E-state index contributed by atoms with van der Waals surface area (Å²) in [6, 6.07) is 5.73. The van der Waals surface area contributed by atoms with Gasteiger partial charge in [-0.15, -0.1) is 0 Å². The lowest BCUT2D eigenvalue weighted by Crippen LogP contribution is -2.69. The van der Waals surface area contributed by atoms with E-state index in [2.05, 4.69) is 24.5 Å². The fourth-order valence-electron chi connectivity index (χ4n) is 8.60. The van der Waals surface area contributed by atoms with Crippen molar-refractivity contribution in [1.29, 1.82) is 0 Å². The Hall–Kier alpha value is -3.60. The van der Waals surface area contributed by atoms with E-state index in [0.717, 1.165) is 49.7 Å². The maximum absolute atomic E-state index is 14.7. The molecule has 0 aromatic heterocycles. The number of ether oxygens (including phenoxy) is 5. The molecule has 3 aliphatic heterocycles. The van der Waals surface area contributed by atoms with Crippen molar-refractivity contribution >= 4 is 29.8 Å². The van der Waals surface area contributed by atoms with Gasteiger partial charge in [-0.3, -0.25) is 24.0 Å².